The Morgan fingerprint density at radius 1 is 1.19 bits per heavy atom. The minimum Gasteiger partial charge on any atom is -0.298 e. The molecule has 0 heterocycles. The quantitative estimate of drug-likeness (QED) is 0.730. The molecule has 1 atom stereocenters. The minimum absolute atomic E-state index is 0.269. The molecule has 0 aliphatic heterocycles. The van der Waals surface area contributed by atoms with Gasteiger partial charge in [0.15, 0.2) is 0 Å². The lowest BCUT2D eigenvalue weighted by Gasteiger charge is -2.34. The maximum atomic E-state index is 11.9. The number of carbonyl (C=O) groups excluding carboxylic acids is 1. The Kier molecular flexibility index (Phi) is 4.01. The summed E-state index contributed by atoms with van der Waals surface area (Å²) < 4.78 is 0. The standard InChI is InChI=1S/C14H25NO/c1-11(2)10-15(12-6-3-4-7-12)13-8-5-9-14(13)16/h11-13H,3-10H2,1-2H3. The van der Waals surface area contributed by atoms with Gasteiger partial charge in [-0.25, -0.2) is 0 Å². The first-order valence-corrected chi connectivity index (χ1v) is 6.97. The van der Waals surface area contributed by atoms with Crippen molar-refractivity contribution in [3.8, 4) is 0 Å². The van der Waals surface area contributed by atoms with E-state index in [2.05, 4.69) is 18.7 Å². The smallest absolute Gasteiger partial charge is 0.149 e. The van der Waals surface area contributed by atoms with Gasteiger partial charge in [-0.05, 0) is 31.6 Å². The van der Waals surface area contributed by atoms with Gasteiger partial charge in [-0.2, -0.15) is 0 Å². The van der Waals surface area contributed by atoms with Gasteiger partial charge < -0.3 is 0 Å². The van der Waals surface area contributed by atoms with Gasteiger partial charge in [0.2, 0.25) is 0 Å². The van der Waals surface area contributed by atoms with Crippen LogP contribution in [0.5, 0.6) is 0 Å². The molecule has 2 rings (SSSR count). The molecule has 2 heteroatoms. The van der Waals surface area contributed by atoms with Gasteiger partial charge in [0, 0.05) is 19.0 Å². The van der Waals surface area contributed by atoms with Crippen LogP contribution in [0.4, 0.5) is 0 Å². The summed E-state index contributed by atoms with van der Waals surface area (Å²) in [7, 11) is 0. The highest BCUT2D eigenvalue weighted by molar-refractivity contribution is 5.85. The molecule has 0 aromatic heterocycles. The number of Topliss-reactive ketones (excluding diaryl/α,β-unsaturated/α-hetero) is 1. The van der Waals surface area contributed by atoms with E-state index in [4.69, 9.17) is 0 Å². The lowest BCUT2D eigenvalue weighted by molar-refractivity contribution is -0.122. The molecule has 0 radical (unpaired) electrons. The van der Waals surface area contributed by atoms with Crippen molar-refractivity contribution in [2.24, 2.45) is 5.92 Å². The zero-order valence-corrected chi connectivity index (χ0v) is 10.7. The molecular weight excluding hydrogens is 198 g/mol. The second kappa shape index (κ2) is 5.31. The minimum atomic E-state index is 0.269. The molecule has 0 aromatic carbocycles. The van der Waals surface area contributed by atoms with Crippen LogP contribution < -0.4 is 0 Å². The van der Waals surface area contributed by atoms with Crippen LogP contribution >= 0.6 is 0 Å². The summed E-state index contributed by atoms with van der Waals surface area (Å²) in [5.74, 6) is 1.18. The Balaban J connectivity index is 2.03. The molecule has 0 aromatic rings. The van der Waals surface area contributed by atoms with Crippen molar-refractivity contribution in [2.75, 3.05) is 6.54 Å². The fourth-order valence-electron chi connectivity index (χ4n) is 3.34. The second-order valence-corrected chi connectivity index (χ2v) is 5.90. The van der Waals surface area contributed by atoms with Crippen LogP contribution in [0, 0.1) is 5.92 Å². The molecular formula is C14H25NO. The van der Waals surface area contributed by atoms with E-state index < -0.39 is 0 Å². The highest BCUT2D eigenvalue weighted by Gasteiger charge is 2.35. The van der Waals surface area contributed by atoms with Crippen molar-refractivity contribution >= 4 is 5.78 Å². The zero-order valence-electron chi connectivity index (χ0n) is 10.7. The van der Waals surface area contributed by atoms with Crippen LogP contribution in [-0.4, -0.2) is 29.3 Å². The van der Waals surface area contributed by atoms with Gasteiger partial charge in [-0.1, -0.05) is 26.7 Å². The number of rotatable bonds is 4. The van der Waals surface area contributed by atoms with Gasteiger partial charge in [0.05, 0.1) is 6.04 Å². The average Bonchev–Trinajstić information content (AvgIpc) is 2.84. The van der Waals surface area contributed by atoms with Crippen molar-refractivity contribution in [1.82, 2.24) is 4.90 Å². The molecule has 2 fully saturated rings. The van der Waals surface area contributed by atoms with Crippen LogP contribution in [0.3, 0.4) is 0 Å². The summed E-state index contributed by atoms with van der Waals surface area (Å²) in [5.41, 5.74) is 0. The highest BCUT2D eigenvalue weighted by atomic mass is 16.1. The van der Waals surface area contributed by atoms with Gasteiger partial charge >= 0.3 is 0 Å². The second-order valence-electron chi connectivity index (χ2n) is 5.90. The normalized spacial score (nSPS) is 27.5. The number of nitrogens with zero attached hydrogens (tertiary/aromatic N) is 1. The maximum Gasteiger partial charge on any atom is 0.149 e. The van der Waals surface area contributed by atoms with Crippen LogP contribution in [-0.2, 0) is 4.79 Å². The van der Waals surface area contributed by atoms with Gasteiger partial charge in [-0.15, -0.1) is 0 Å². The van der Waals surface area contributed by atoms with Gasteiger partial charge in [0.1, 0.15) is 5.78 Å². The van der Waals surface area contributed by atoms with E-state index in [1.807, 2.05) is 0 Å². The predicted octanol–water partition coefficient (Wildman–Crippen LogP) is 3.01. The van der Waals surface area contributed by atoms with E-state index in [0.29, 0.717) is 17.7 Å². The van der Waals surface area contributed by atoms with Gasteiger partial charge in [0.25, 0.3) is 0 Å². The Hall–Kier alpha value is -0.370. The first-order valence-electron chi connectivity index (χ1n) is 6.97. The molecule has 2 nitrogen and oxygen atoms in total. The molecule has 1 unspecified atom stereocenters. The number of hydrogen-bond acceptors (Lipinski definition) is 2. The molecule has 0 N–H and O–H groups in total. The SMILES string of the molecule is CC(C)CN(C1CCCC1)C1CCCC1=O. The Labute approximate surface area is 99.4 Å². The summed E-state index contributed by atoms with van der Waals surface area (Å²) in [6.07, 6.45) is 8.41. The molecule has 2 saturated carbocycles. The van der Waals surface area contributed by atoms with Crippen molar-refractivity contribution in [1.29, 1.82) is 0 Å². The number of hydrogen-bond donors (Lipinski definition) is 0. The fourth-order valence-corrected chi connectivity index (χ4v) is 3.34. The van der Waals surface area contributed by atoms with Crippen LogP contribution in [0.25, 0.3) is 0 Å². The third kappa shape index (κ3) is 2.65. The maximum absolute atomic E-state index is 11.9. The molecule has 92 valence electrons. The predicted molar refractivity (Wildman–Crippen MR) is 66.4 cm³/mol. The average molecular weight is 223 g/mol. The van der Waals surface area contributed by atoms with E-state index in [-0.39, 0.29) is 6.04 Å². The molecule has 0 bridgehead atoms. The summed E-state index contributed by atoms with van der Waals surface area (Å²) in [6, 6.07) is 0.972. The van der Waals surface area contributed by atoms with Crippen LogP contribution in [0.1, 0.15) is 58.8 Å². The first-order chi connectivity index (χ1) is 7.68. The number of ketones is 1. The summed E-state index contributed by atoms with van der Waals surface area (Å²) in [5, 5.41) is 0. The van der Waals surface area contributed by atoms with E-state index in [1.165, 1.54) is 25.7 Å². The third-order valence-corrected chi connectivity index (χ3v) is 4.04. The molecule has 2 aliphatic rings. The Morgan fingerprint density at radius 2 is 1.88 bits per heavy atom. The van der Waals surface area contributed by atoms with E-state index >= 15 is 0 Å². The molecule has 0 spiro atoms. The highest BCUT2D eigenvalue weighted by Crippen LogP contribution is 2.30. The lowest BCUT2D eigenvalue weighted by Crippen LogP contribution is -2.46. The van der Waals surface area contributed by atoms with E-state index in [0.717, 1.165) is 25.8 Å². The zero-order chi connectivity index (χ0) is 11.5. The lowest BCUT2D eigenvalue weighted by atomic mass is 10.1. The monoisotopic (exact) mass is 223 g/mol. The summed E-state index contributed by atoms with van der Waals surface area (Å²) >= 11 is 0. The van der Waals surface area contributed by atoms with Gasteiger partial charge in [-0.3, -0.25) is 9.69 Å². The van der Waals surface area contributed by atoms with E-state index in [1.54, 1.807) is 0 Å². The largest absolute Gasteiger partial charge is 0.298 e. The van der Waals surface area contributed by atoms with Crippen molar-refractivity contribution in [3.63, 3.8) is 0 Å². The van der Waals surface area contributed by atoms with Crippen LogP contribution in [0.15, 0.2) is 0 Å². The topological polar surface area (TPSA) is 20.3 Å². The fraction of sp³-hybridized carbons (Fsp3) is 0.929. The van der Waals surface area contributed by atoms with Crippen molar-refractivity contribution in [3.05, 3.63) is 0 Å². The molecule has 2 aliphatic carbocycles. The van der Waals surface area contributed by atoms with Crippen LogP contribution in [0.2, 0.25) is 0 Å². The molecule has 0 amide bonds. The number of carbonyl (C=O) groups is 1. The summed E-state index contributed by atoms with van der Waals surface area (Å²) in [6.45, 7) is 5.64. The first kappa shape index (κ1) is 12.1. The Morgan fingerprint density at radius 3 is 2.38 bits per heavy atom. The van der Waals surface area contributed by atoms with E-state index in [9.17, 15) is 4.79 Å². The van der Waals surface area contributed by atoms with Crippen molar-refractivity contribution in [2.45, 2.75) is 70.9 Å². The molecule has 0 saturated heterocycles. The Bertz CT molecular complexity index is 243. The molecule has 16 heavy (non-hydrogen) atoms. The third-order valence-electron chi connectivity index (χ3n) is 4.04. The summed E-state index contributed by atoms with van der Waals surface area (Å²) in [4.78, 5) is 14.5. The van der Waals surface area contributed by atoms with Crippen molar-refractivity contribution < 1.29 is 4.79 Å².